The maximum atomic E-state index is 12.8. The fourth-order valence-electron chi connectivity index (χ4n) is 11.7. The van der Waals surface area contributed by atoms with Crippen molar-refractivity contribution in [3.63, 3.8) is 0 Å². The van der Waals surface area contributed by atoms with Crippen molar-refractivity contribution in [3.05, 3.63) is 48.5 Å². The highest BCUT2D eigenvalue weighted by atomic mass is 35.5. The van der Waals surface area contributed by atoms with Gasteiger partial charge in [-0.3, -0.25) is 4.79 Å². The Hall–Kier alpha value is -6.80. The van der Waals surface area contributed by atoms with Crippen molar-refractivity contribution in [2.75, 3.05) is 106 Å². The quantitative estimate of drug-likeness (QED) is 0.122. The minimum atomic E-state index is -4.79. The molecule has 6 aromatic rings. The van der Waals surface area contributed by atoms with E-state index >= 15 is 0 Å². The molecule has 4 saturated heterocycles. The lowest BCUT2D eigenvalue weighted by Gasteiger charge is -2.36. The molecule has 2 N–H and O–H groups in total. The summed E-state index contributed by atoms with van der Waals surface area (Å²) in [5.74, 6) is 2.74. The van der Waals surface area contributed by atoms with Crippen molar-refractivity contribution in [2.24, 2.45) is 0 Å². The lowest BCUT2D eigenvalue weighted by Crippen LogP contribution is -2.42. The van der Waals surface area contributed by atoms with Gasteiger partial charge in [-0.15, -0.1) is 69.3 Å². The maximum Gasteiger partial charge on any atom is 0.573 e. The number of hydrogen-bond donors (Lipinski definition) is 2. The van der Waals surface area contributed by atoms with Gasteiger partial charge in [-0.25, -0.2) is 0 Å². The van der Waals surface area contributed by atoms with Crippen LogP contribution in [-0.4, -0.2) is 167 Å². The van der Waals surface area contributed by atoms with E-state index in [9.17, 15) is 26.3 Å². The fourth-order valence-corrected chi connectivity index (χ4v) is 11.7. The van der Waals surface area contributed by atoms with E-state index in [1.807, 2.05) is 14.1 Å². The Labute approximate surface area is 445 Å². The van der Waals surface area contributed by atoms with Gasteiger partial charge in [0.2, 0.25) is 11.3 Å². The van der Waals surface area contributed by atoms with E-state index in [0.717, 1.165) is 114 Å². The number of rotatable bonds is 6. The summed E-state index contributed by atoms with van der Waals surface area (Å²) >= 11 is 0. The van der Waals surface area contributed by atoms with E-state index in [1.165, 1.54) is 62.1 Å². The number of aromatic nitrogens is 8. The molecule has 12 rings (SSSR count). The number of hydrogen-bond acceptors (Lipinski definition) is 17. The number of halogens is 7. The van der Waals surface area contributed by atoms with Crippen LogP contribution in [-0.2, 0) is 4.79 Å². The number of fused-ring (bicyclic) bond motifs is 6. The normalized spacial score (nSPS) is 21.7. The third kappa shape index (κ3) is 11.5. The fraction of sp³-hybridized carbons (Fsp3) is 0.540. The van der Waals surface area contributed by atoms with Crippen molar-refractivity contribution in [1.82, 2.24) is 49.8 Å². The molecule has 2 atom stereocenters. The molecule has 6 aliphatic heterocycles. The van der Waals surface area contributed by atoms with E-state index in [2.05, 4.69) is 66.7 Å². The van der Waals surface area contributed by atoms with Crippen molar-refractivity contribution in [1.29, 1.82) is 0 Å². The van der Waals surface area contributed by atoms with Crippen molar-refractivity contribution in [3.8, 4) is 45.8 Å². The predicted octanol–water partition coefficient (Wildman–Crippen LogP) is 7.73. The molecule has 4 fully saturated rings. The molecule has 0 amide bonds. The van der Waals surface area contributed by atoms with Crippen molar-refractivity contribution < 1.29 is 55.2 Å². The molecule has 6 aliphatic rings. The Morgan fingerprint density at radius 1 is 0.623 bits per heavy atom. The molecule has 4 aromatic heterocycles. The molecule has 10 heterocycles. The molecule has 27 heteroatoms. The number of carbonyl (C=O) groups is 1. The minimum absolute atomic E-state index is 0. The first-order chi connectivity index (χ1) is 36.5. The zero-order valence-corrected chi connectivity index (χ0v) is 43.6. The van der Waals surface area contributed by atoms with Crippen molar-refractivity contribution >= 4 is 53.2 Å². The average Bonchev–Trinajstić information content (AvgIpc) is 4.15. The summed E-state index contributed by atoms with van der Waals surface area (Å²) in [6.07, 6.45) is 1.73. The molecule has 20 nitrogen and oxygen atoms in total. The number of alkyl halides is 6. The number of anilines is 4. The van der Waals surface area contributed by atoms with Crippen LogP contribution in [0.3, 0.4) is 0 Å². The zero-order chi connectivity index (χ0) is 53.4. The van der Waals surface area contributed by atoms with E-state index in [0.29, 0.717) is 58.8 Å². The SMILES string of the molecule is CN1CCOc2c1c(N1CCCC3(CCCN3)CC1)nn1c(-c3cccc(OC(F)(F)F)c3)nnc21.CN1CCOc2c1c(N1CCCC3(CCCN3C)CC1)nn1c(-c3cccc(OC(F)(F)F)c3)nnc21.Cl.O=CO. The van der Waals surface area contributed by atoms with Gasteiger partial charge in [0.15, 0.2) is 34.8 Å². The molecule has 77 heavy (non-hydrogen) atoms. The second kappa shape index (κ2) is 22.3. The van der Waals surface area contributed by atoms with Crippen LogP contribution in [0.5, 0.6) is 23.0 Å². The molecule has 0 bridgehead atoms. The average molecular weight is 1100 g/mol. The van der Waals surface area contributed by atoms with Gasteiger partial charge in [0.05, 0.1) is 13.1 Å². The Morgan fingerprint density at radius 3 is 1.55 bits per heavy atom. The highest BCUT2D eigenvalue weighted by Crippen LogP contribution is 2.46. The van der Waals surface area contributed by atoms with Gasteiger partial charge in [-0.2, -0.15) is 9.03 Å². The van der Waals surface area contributed by atoms with Crippen LogP contribution >= 0.6 is 12.4 Å². The first-order valence-electron chi connectivity index (χ1n) is 25.5. The standard InChI is InChI=1S/C25H30F3N7O2.C24H28F3N7O2.CH2O2.ClH/c1-32-14-15-36-20-19(32)22(34-12-5-9-24(10-13-34)8-4-11-33(24)2)31-35-21(29-30-23(20)35)17-6-3-7-18(16-17)37-25(26,27)28;1-32-13-14-35-19-18(32)21(33-11-4-8-23(9-12-33)7-3-10-28-23)31-34-20(29-30-22(19)34)16-5-2-6-17(15-16)36-24(25,26)27;2-1-3;/h3,6-7,16H,4-5,8-15H2,1-2H3;2,5-6,15,28H,3-4,7-14H2,1H3;1H,(H,2,3);1H. The van der Waals surface area contributed by atoms with Gasteiger partial charge in [-0.05, 0) is 109 Å². The lowest BCUT2D eigenvalue weighted by atomic mass is 9.88. The zero-order valence-electron chi connectivity index (χ0n) is 42.8. The van der Waals surface area contributed by atoms with Gasteiger partial charge in [0, 0.05) is 62.5 Å². The molecule has 2 unspecified atom stereocenters. The summed E-state index contributed by atoms with van der Waals surface area (Å²) in [5.41, 5.74) is 3.88. The minimum Gasteiger partial charge on any atom is -0.486 e. The van der Waals surface area contributed by atoms with E-state index in [1.54, 1.807) is 21.2 Å². The summed E-state index contributed by atoms with van der Waals surface area (Å²) in [6, 6.07) is 11.4. The Balaban J connectivity index is 0.000000177. The summed E-state index contributed by atoms with van der Waals surface area (Å²) in [6.45, 7) is 7.79. The molecular weight excluding hydrogens is 1040 g/mol. The smallest absolute Gasteiger partial charge is 0.486 e. The highest BCUT2D eigenvalue weighted by molar-refractivity contribution is 5.85. The summed E-state index contributed by atoms with van der Waals surface area (Å²) in [5, 5.41) is 37.8. The topological polar surface area (TPSA) is 189 Å². The summed E-state index contributed by atoms with van der Waals surface area (Å²) < 4.78 is 100. The van der Waals surface area contributed by atoms with Gasteiger partial charge in [0.1, 0.15) is 36.1 Å². The third-order valence-corrected chi connectivity index (χ3v) is 15.4. The first-order valence-corrected chi connectivity index (χ1v) is 25.5. The number of carboxylic acid groups (broad SMARTS) is 1. The monoisotopic (exact) mass is 1100 g/mol. The number of nitrogens with one attached hydrogen (secondary N) is 1. The number of benzene rings is 2. The van der Waals surface area contributed by atoms with Gasteiger partial charge in [-0.1, -0.05) is 24.3 Å². The third-order valence-electron chi connectivity index (χ3n) is 15.4. The van der Waals surface area contributed by atoms with Gasteiger partial charge in [0.25, 0.3) is 6.47 Å². The molecule has 0 radical (unpaired) electrons. The van der Waals surface area contributed by atoms with Crippen molar-refractivity contribution in [2.45, 2.75) is 88.0 Å². The van der Waals surface area contributed by atoms with E-state index < -0.39 is 12.7 Å². The second-order valence-electron chi connectivity index (χ2n) is 20.1. The van der Waals surface area contributed by atoms with Crippen LogP contribution in [0, 0.1) is 0 Å². The molecule has 2 spiro atoms. The molecular formula is C50H61ClF6N14O6. The molecule has 0 saturated carbocycles. The Kier molecular flexibility index (Phi) is 15.9. The maximum absolute atomic E-state index is 12.8. The number of likely N-dealkylation sites (tertiary alicyclic amines) is 1. The lowest BCUT2D eigenvalue weighted by molar-refractivity contribution is -0.275. The highest BCUT2D eigenvalue weighted by Gasteiger charge is 2.42. The van der Waals surface area contributed by atoms with E-state index in [4.69, 9.17) is 29.6 Å². The Morgan fingerprint density at radius 2 is 1.09 bits per heavy atom. The number of ether oxygens (including phenoxy) is 4. The van der Waals surface area contributed by atoms with Crippen LogP contribution in [0.25, 0.3) is 34.1 Å². The first kappa shape index (κ1) is 55.0. The van der Waals surface area contributed by atoms with Gasteiger partial charge < -0.3 is 53.9 Å². The van der Waals surface area contributed by atoms with Crippen LogP contribution < -0.4 is 43.9 Å². The number of nitrogens with zero attached hydrogens (tertiary/aromatic N) is 13. The predicted molar refractivity (Wildman–Crippen MR) is 276 cm³/mol. The molecule has 0 aliphatic carbocycles. The second-order valence-corrected chi connectivity index (χ2v) is 20.1. The van der Waals surface area contributed by atoms with E-state index in [-0.39, 0.29) is 41.5 Å². The summed E-state index contributed by atoms with van der Waals surface area (Å²) in [4.78, 5) is 19.8. The number of likely N-dealkylation sites (N-methyl/N-ethyl adjacent to an activating group) is 2. The Bertz CT molecular complexity index is 3050. The van der Waals surface area contributed by atoms with Crippen LogP contribution in [0.1, 0.15) is 64.2 Å². The van der Waals surface area contributed by atoms with Crippen LogP contribution in [0.2, 0.25) is 0 Å². The molecule has 2 aromatic carbocycles. The molecule has 416 valence electrons. The summed E-state index contributed by atoms with van der Waals surface area (Å²) in [7, 11) is 6.26. The van der Waals surface area contributed by atoms with Gasteiger partial charge >= 0.3 is 12.7 Å². The van der Waals surface area contributed by atoms with Crippen LogP contribution in [0.4, 0.5) is 49.4 Å². The largest absolute Gasteiger partial charge is 0.573 e. The van der Waals surface area contributed by atoms with Crippen LogP contribution in [0.15, 0.2) is 48.5 Å².